The topological polar surface area (TPSA) is 66.9 Å². The van der Waals surface area contributed by atoms with Crippen LogP contribution >= 0.6 is 0 Å². The lowest BCUT2D eigenvalue weighted by atomic mass is 10.1. The number of hydrogen-bond acceptors (Lipinski definition) is 4. The lowest BCUT2D eigenvalue weighted by molar-refractivity contribution is 0.0948. The fourth-order valence-corrected chi connectivity index (χ4v) is 2.94. The van der Waals surface area contributed by atoms with Crippen LogP contribution in [0.5, 0.6) is 0 Å². The normalized spacial score (nSPS) is 10.4. The summed E-state index contributed by atoms with van der Waals surface area (Å²) in [6.45, 7) is 1.38. The Balaban J connectivity index is 1.38. The Morgan fingerprint density at radius 1 is 0.786 bits per heavy atom. The molecule has 1 amide bonds. The van der Waals surface area contributed by atoms with Crippen LogP contribution in [0.4, 0.5) is 5.95 Å². The summed E-state index contributed by atoms with van der Waals surface area (Å²) in [4.78, 5) is 20.8. The molecule has 0 unspecified atom stereocenters. The van der Waals surface area contributed by atoms with Gasteiger partial charge in [0.2, 0.25) is 5.95 Å². The van der Waals surface area contributed by atoms with E-state index in [1.165, 1.54) is 11.1 Å². The van der Waals surface area contributed by atoms with Gasteiger partial charge in [-0.05, 0) is 42.9 Å². The largest absolute Gasteiger partial charge is 0.354 e. The lowest BCUT2D eigenvalue weighted by Crippen LogP contribution is -2.26. The summed E-state index contributed by atoms with van der Waals surface area (Å²) in [5.41, 5.74) is 2.98. The zero-order chi connectivity index (χ0) is 19.4. The first-order chi connectivity index (χ1) is 13.8. The Bertz CT molecular complexity index is 853. The molecule has 3 rings (SSSR count). The first-order valence-electron chi connectivity index (χ1n) is 9.74. The third-order valence-electron chi connectivity index (χ3n) is 4.43. The van der Waals surface area contributed by atoms with E-state index in [9.17, 15) is 4.79 Å². The molecule has 0 fully saturated rings. The van der Waals surface area contributed by atoms with E-state index in [1.807, 2.05) is 36.4 Å². The SMILES string of the molecule is O=C(NCCCc1ccccc1)c1ccnc(NCCCc2ccccc2)n1. The minimum atomic E-state index is -0.164. The van der Waals surface area contributed by atoms with Crippen molar-refractivity contribution in [2.24, 2.45) is 0 Å². The van der Waals surface area contributed by atoms with E-state index in [2.05, 4.69) is 44.9 Å². The molecular weight excluding hydrogens is 348 g/mol. The number of carbonyl (C=O) groups excluding carboxylic acids is 1. The number of anilines is 1. The highest BCUT2D eigenvalue weighted by Gasteiger charge is 2.08. The van der Waals surface area contributed by atoms with E-state index in [0.717, 1.165) is 32.2 Å². The first-order valence-corrected chi connectivity index (χ1v) is 9.74. The van der Waals surface area contributed by atoms with Crippen LogP contribution in [-0.4, -0.2) is 29.0 Å². The minimum Gasteiger partial charge on any atom is -0.354 e. The molecule has 2 N–H and O–H groups in total. The molecule has 0 aliphatic rings. The second-order valence-electron chi connectivity index (χ2n) is 6.63. The summed E-state index contributed by atoms with van der Waals surface area (Å²) >= 11 is 0. The number of benzene rings is 2. The molecular formula is C23H26N4O. The Hall–Kier alpha value is -3.21. The molecule has 2 aromatic carbocycles. The van der Waals surface area contributed by atoms with Gasteiger partial charge < -0.3 is 10.6 Å². The van der Waals surface area contributed by atoms with Gasteiger partial charge in [0.1, 0.15) is 5.69 Å². The number of nitrogens with one attached hydrogen (secondary N) is 2. The maximum absolute atomic E-state index is 12.3. The molecule has 1 aromatic heterocycles. The van der Waals surface area contributed by atoms with E-state index in [4.69, 9.17) is 0 Å². The Kier molecular flexibility index (Phi) is 7.56. The number of rotatable bonds is 10. The van der Waals surface area contributed by atoms with E-state index in [1.54, 1.807) is 12.3 Å². The Morgan fingerprint density at radius 3 is 2.04 bits per heavy atom. The van der Waals surface area contributed by atoms with Crippen LogP contribution in [0.25, 0.3) is 0 Å². The van der Waals surface area contributed by atoms with Gasteiger partial charge in [0.15, 0.2) is 0 Å². The molecule has 0 atom stereocenters. The zero-order valence-corrected chi connectivity index (χ0v) is 16.0. The van der Waals surface area contributed by atoms with Gasteiger partial charge in [0.25, 0.3) is 5.91 Å². The molecule has 0 aliphatic heterocycles. The molecule has 0 aliphatic carbocycles. The third kappa shape index (κ3) is 6.50. The molecule has 5 nitrogen and oxygen atoms in total. The van der Waals surface area contributed by atoms with Gasteiger partial charge in [-0.3, -0.25) is 4.79 Å². The average molecular weight is 374 g/mol. The first kappa shape index (κ1) is 19.5. The molecule has 1 heterocycles. The molecule has 0 radical (unpaired) electrons. The van der Waals surface area contributed by atoms with Crippen LogP contribution < -0.4 is 10.6 Å². The summed E-state index contributed by atoms with van der Waals surface area (Å²) in [5, 5.41) is 6.12. The Labute approximate surface area is 166 Å². The van der Waals surface area contributed by atoms with Crippen molar-refractivity contribution < 1.29 is 4.79 Å². The lowest BCUT2D eigenvalue weighted by Gasteiger charge is -2.08. The maximum atomic E-state index is 12.3. The van der Waals surface area contributed by atoms with Crippen molar-refractivity contribution in [3.05, 3.63) is 89.7 Å². The van der Waals surface area contributed by atoms with Crippen LogP contribution in [0.1, 0.15) is 34.5 Å². The van der Waals surface area contributed by atoms with Crippen molar-refractivity contribution in [3.8, 4) is 0 Å². The van der Waals surface area contributed by atoms with Crippen molar-refractivity contribution in [1.82, 2.24) is 15.3 Å². The third-order valence-corrected chi connectivity index (χ3v) is 4.43. The van der Waals surface area contributed by atoms with Gasteiger partial charge in [-0.25, -0.2) is 9.97 Å². The summed E-state index contributed by atoms with van der Waals surface area (Å²) in [5.74, 6) is 0.327. The fraction of sp³-hybridized carbons (Fsp3) is 0.261. The minimum absolute atomic E-state index is 0.164. The van der Waals surface area contributed by atoms with Crippen LogP contribution in [-0.2, 0) is 12.8 Å². The average Bonchev–Trinajstić information content (AvgIpc) is 2.76. The van der Waals surface area contributed by atoms with Crippen LogP contribution in [0.15, 0.2) is 72.9 Å². The molecule has 28 heavy (non-hydrogen) atoms. The summed E-state index contributed by atoms with van der Waals surface area (Å²) < 4.78 is 0. The highest BCUT2D eigenvalue weighted by Crippen LogP contribution is 2.05. The summed E-state index contributed by atoms with van der Waals surface area (Å²) in [6, 6.07) is 22.3. The van der Waals surface area contributed by atoms with Crippen LogP contribution in [0, 0.1) is 0 Å². The molecule has 0 bridgehead atoms. The van der Waals surface area contributed by atoms with Gasteiger partial charge in [-0.15, -0.1) is 0 Å². The smallest absolute Gasteiger partial charge is 0.270 e. The van der Waals surface area contributed by atoms with Crippen molar-refractivity contribution in [2.75, 3.05) is 18.4 Å². The molecule has 0 saturated carbocycles. The van der Waals surface area contributed by atoms with E-state index >= 15 is 0 Å². The number of amides is 1. The van der Waals surface area contributed by atoms with Crippen molar-refractivity contribution in [1.29, 1.82) is 0 Å². The quantitative estimate of drug-likeness (QED) is 0.529. The van der Waals surface area contributed by atoms with Crippen LogP contribution in [0.2, 0.25) is 0 Å². The predicted octanol–water partition coefficient (Wildman–Crippen LogP) is 3.88. The number of hydrogen-bond donors (Lipinski definition) is 2. The van der Waals surface area contributed by atoms with Crippen molar-refractivity contribution >= 4 is 11.9 Å². The predicted molar refractivity (Wildman–Crippen MR) is 112 cm³/mol. The second-order valence-corrected chi connectivity index (χ2v) is 6.63. The maximum Gasteiger partial charge on any atom is 0.270 e. The van der Waals surface area contributed by atoms with Gasteiger partial charge >= 0.3 is 0 Å². The monoisotopic (exact) mass is 374 g/mol. The van der Waals surface area contributed by atoms with Gasteiger partial charge in [-0.2, -0.15) is 0 Å². The summed E-state index contributed by atoms with van der Waals surface area (Å²) in [6.07, 6.45) is 5.43. The number of carbonyl (C=O) groups is 1. The fourth-order valence-electron chi connectivity index (χ4n) is 2.94. The molecule has 3 aromatic rings. The molecule has 144 valence electrons. The van der Waals surface area contributed by atoms with Gasteiger partial charge in [0, 0.05) is 19.3 Å². The second kappa shape index (κ2) is 10.8. The molecule has 0 saturated heterocycles. The van der Waals surface area contributed by atoms with Crippen molar-refractivity contribution in [3.63, 3.8) is 0 Å². The van der Waals surface area contributed by atoms with Gasteiger partial charge in [-0.1, -0.05) is 60.7 Å². The summed E-state index contributed by atoms with van der Waals surface area (Å²) in [7, 11) is 0. The Morgan fingerprint density at radius 2 is 1.39 bits per heavy atom. The number of aromatic nitrogens is 2. The van der Waals surface area contributed by atoms with E-state index < -0.39 is 0 Å². The highest BCUT2D eigenvalue weighted by molar-refractivity contribution is 5.92. The highest BCUT2D eigenvalue weighted by atomic mass is 16.1. The van der Waals surface area contributed by atoms with Gasteiger partial charge in [0.05, 0.1) is 0 Å². The molecule has 0 spiro atoms. The number of aryl methyl sites for hydroxylation is 2. The molecule has 5 heteroatoms. The van der Waals surface area contributed by atoms with E-state index in [0.29, 0.717) is 18.2 Å². The van der Waals surface area contributed by atoms with Crippen molar-refractivity contribution in [2.45, 2.75) is 25.7 Å². The standard InChI is InChI=1S/C23H26N4O/c28-22(24-16-7-13-19-9-3-1-4-10-19)21-15-18-26-23(27-21)25-17-8-14-20-11-5-2-6-12-20/h1-6,9-12,15,18H,7-8,13-14,16-17H2,(H,24,28)(H,25,26,27). The van der Waals surface area contributed by atoms with E-state index in [-0.39, 0.29) is 5.91 Å². The zero-order valence-electron chi connectivity index (χ0n) is 16.0. The van der Waals surface area contributed by atoms with Crippen LogP contribution in [0.3, 0.4) is 0 Å². The number of nitrogens with zero attached hydrogens (tertiary/aromatic N) is 2.